The van der Waals surface area contributed by atoms with Gasteiger partial charge in [0.15, 0.2) is 5.78 Å². The molecule has 2 unspecified atom stereocenters. The van der Waals surface area contributed by atoms with Crippen LogP contribution in [0.1, 0.15) is 132 Å². The smallest absolute Gasteiger partial charge is 0.309 e. The van der Waals surface area contributed by atoms with E-state index in [0.717, 1.165) is 62.5 Å². The van der Waals surface area contributed by atoms with Gasteiger partial charge in [0.05, 0.1) is 24.5 Å². The molecule has 5 aliphatic rings. The summed E-state index contributed by atoms with van der Waals surface area (Å²) in [5, 5.41) is 22.3. The zero-order valence-electron chi connectivity index (χ0n) is 36.7. The van der Waals surface area contributed by atoms with Crippen molar-refractivity contribution in [2.24, 2.45) is 56.2 Å². The number of allylic oxidation sites excluding steroid dienone is 1. The Morgan fingerprint density at radius 2 is 1.60 bits per heavy atom. The first-order valence-corrected chi connectivity index (χ1v) is 21.6. The normalized spacial score (nSPS) is 35.2. The lowest BCUT2D eigenvalue weighted by Crippen LogP contribution is -2.66. The molecule has 5 aliphatic carbocycles. The number of rotatable bonds is 12. The second kappa shape index (κ2) is 15.2. The quantitative estimate of drug-likeness (QED) is 0.204. The summed E-state index contributed by atoms with van der Waals surface area (Å²) < 4.78 is 6.18. The van der Waals surface area contributed by atoms with E-state index in [1.54, 1.807) is 45.2 Å². The van der Waals surface area contributed by atoms with E-state index < -0.39 is 28.9 Å². The van der Waals surface area contributed by atoms with Crippen molar-refractivity contribution in [3.05, 3.63) is 41.2 Å². The molecule has 1 aromatic heterocycles. The summed E-state index contributed by atoms with van der Waals surface area (Å²) >= 11 is 0. The number of aliphatic hydroxyl groups is 1. The second-order valence-electron chi connectivity index (χ2n) is 21.4. The molecule has 1 aromatic rings. The highest BCUT2D eigenvalue weighted by Crippen LogP contribution is 2.77. The average molecular weight is 790 g/mol. The molecule has 0 spiro atoms. The predicted molar refractivity (Wildman–Crippen MR) is 220 cm³/mol. The van der Waals surface area contributed by atoms with Crippen LogP contribution >= 0.6 is 0 Å². The number of likely N-dealkylation sites (N-methyl/N-ethyl adjacent to an activating group) is 1. The van der Waals surface area contributed by atoms with Crippen LogP contribution in [0.25, 0.3) is 0 Å². The molecule has 0 saturated heterocycles. The maximum atomic E-state index is 14.3. The summed E-state index contributed by atoms with van der Waals surface area (Å²) in [5.41, 5.74) is 0.991. The monoisotopic (exact) mass is 790 g/mol. The summed E-state index contributed by atoms with van der Waals surface area (Å²) in [5.74, 6) is -0.291. The molecule has 6 rings (SSSR count). The van der Waals surface area contributed by atoms with Crippen molar-refractivity contribution in [1.82, 2.24) is 14.8 Å². The number of nitrogens with zero attached hydrogens (tertiary/aromatic N) is 3. The van der Waals surface area contributed by atoms with E-state index in [9.17, 15) is 29.4 Å². The molecule has 10 heteroatoms. The number of amides is 1. The van der Waals surface area contributed by atoms with E-state index in [0.29, 0.717) is 31.3 Å². The summed E-state index contributed by atoms with van der Waals surface area (Å²) in [6, 6.07) is 3.89. The topological polar surface area (TPSA) is 137 Å². The molecule has 4 fully saturated rings. The van der Waals surface area contributed by atoms with Crippen molar-refractivity contribution < 1.29 is 34.1 Å². The summed E-state index contributed by atoms with van der Waals surface area (Å²) in [7, 11) is 3.51. The van der Waals surface area contributed by atoms with Crippen molar-refractivity contribution >= 4 is 23.6 Å². The number of aromatic nitrogens is 1. The van der Waals surface area contributed by atoms with E-state index in [2.05, 4.69) is 53.5 Å². The number of carbonyl (C=O) groups excluding carboxylic acids is 3. The molecule has 10 nitrogen and oxygen atoms in total. The Morgan fingerprint density at radius 1 is 0.930 bits per heavy atom. The van der Waals surface area contributed by atoms with Crippen LogP contribution in [0.2, 0.25) is 0 Å². The van der Waals surface area contributed by atoms with Gasteiger partial charge in [-0.25, -0.2) is 0 Å². The van der Waals surface area contributed by atoms with Crippen LogP contribution in [0, 0.1) is 56.2 Å². The summed E-state index contributed by atoms with van der Waals surface area (Å²) in [6.45, 7) is 20.4. The Kier molecular flexibility index (Phi) is 11.6. The summed E-state index contributed by atoms with van der Waals surface area (Å²) in [4.78, 5) is 60.1. The van der Waals surface area contributed by atoms with Gasteiger partial charge in [0, 0.05) is 56.8 Å². The fourth-order valence-corrected chi connectivity index (χ4v) is 13.6. The number of hydrogen-bond acceptors (Lipinski definition) is 8. The average Bonchev–Trinajstić information content (AvgIpc) is 3.43. The number of pyridine rings is 1. The molecule has 4 saturated carbocycles. The fraction of sp³-hybridized carbons (Fsp3) is 0.766. The van der Waals surface area contributed by atoms with E-state index in [4.69, 9.17) is 4.74 Å². The number of ketones is 1. The lowest BCUT2D eigenvalue weighted by molar-refractivity contribution is -0.235. The lowest BCUT2D eigenvalue weighted by Gasteiger charge is -2.72. The Hall–Kier alpha value is -3.11. The lowest BCUT2D eigenvalue weighted by atomic mass is 9.33. The number of fused-ring (bicyclic) bond motifs is 7. The molecular formula is C47H71N3O7. The first-order valence-electron chi connectivity index (χ1n) is 21.6. The van der Waals surface area contributed by atoms with E-state index in [1.807, 2.05) is 17.0 Å². The zero-order chi connectivity index (χ0) is 42.1. The van der Waals surface area contributed by atoms with Crippen LogP contribution in [0.5, 0.6) is 0 Å². The van der Waals surface area contributed by atoms with Gasteiger partial charge in [-0.1, -0.05) is 54.0 Å². The largest absolute Gasteiger partial charge is 0.481 e. The van der Waals surface area contributed by atoms with Crippen molar-refractivity contribution in [2.75, 3.05) is 27.2 Å². The highest BCUT2D eigenvalue weighted by molar-refractivity contribution is 6.00. The first-order chi connectivity index (χ1) is 26.4. The van der Waals surface area contributed by atoms with Crippen molar-refractivity contribution in [2.45, 2.75) is 145 Å². The van der Waals surface area contributed by atoms with Gasteiger partial charge in [-0.3, -0.25) is 29.1 Å². The fourth-order valence-electron chi connectivity index (χ4n) is 13.6. The number of carboxylic acids is 1. The SMILES string of the molecule is CC(C)C1=C2[C@H]3CC[C@@H]4[C@@]5(C)CC[C@H](OC(=O)CC(C)(C)C(=O)O)C(C)(C)[C@@H]5CC[C@@]4(C)[C@]3(C)CCC2(C(O)CN(CC(=O)N(C)C)Cc2ccncc2)CC1=O. The predicted octanol–water partition coefficient (Wildman–Crippen LogP) is 7.73. The Bertz CT molecular complexity index is 1770. The highest BCUT2D eigenvalue weighted by Gasteiger charge is 2.71. The molecule has 316 valence electrons. The number of ether oxygens (including phenoxy) is 1. The maximum Gasteiger partial charge on any atom is 0.309 e. The van der Waals surface area contributed by atoms with Gasteiger partial charge in [0.2, 0.25) is 5.91 Å². The number of Topliss-reactive ketones (excluding diaryl/α,β-unsaturated/α-hetero) is 1. The standard InChI is InChI=1S/C47H71N3O7/c1-29(2)39-32(51)24-47(35(52)27-50(28-37(53)49(10)11)26-30-16-22-48-23-17-30)21-20-45(8)31(40(39)47)12-13-34-44(7)18-15-36(57-38(54)25-42(3,4)41(55)56)43(5,6)33(44)14-19-46(34,45)9/h16-17,22-23,29,31,33-36,52H,12-15,18-21,24-28H2,1-11H3,(H,55,56)/t31-,33+,34-,35?,36+,44+,45-,46-,47?/m1/s1. The number of hydrogen-bond donors (Lipinski definition) is 2. The van der Waals surface area contributed by atoms with Gasteiger partial charge in [0.25, 0.3) is 0 Å². The molecule has 2 N–H and O–H groups in total. The molecule has 57 heavy (non-hydrogen) atoms. The van der Waals surface area contributed by atoms with Gasteiger partial charge in [-0.05, 0) is 128 Å². The van der Waals surface area contributed by atoms with Crippen LogP contribution in [0.3, 0.4) is 0 Å². The number of carbonyl (C=O) groups is 4. The van der Waals surface area contributed by atoms with Gasteiger partial charge >= 0.3 is 11.9 Å². The van der Waals surface area contributed by atoms with Crippen molar-refractivity contribution in [1.29, 1.82) is 0 Å². The van der Waals surface area contributed by atoms with E-state index in [-0.39, 0.29) is 64.3 Å². The minimum absolute atomic E-state index is 0.00434. The third kappa shape index (κ3) is 7.20. The highest BCUT2D eigenvalue weighted by atomic mass is 16.5. The number of esters is 1. The maximum absolute atomic E-state index is 14.3. The number of aliphatic hydroxyl groups excluding tert-OH is 1. The molecule has 0 radical (unpaired) electrons. The van der Waals surface area contributed by atoms with Gasteiger partial charge in [-0.15, -0.1) is 0 Å². The second-order valence-corrected chi connectivity index (χ2v) is 21.4. The van der Waals surface area contributed by atoms with Crippen LogP contribution in [-0.2, 0) is 30.5 Å². The Balaban J connectivity index is 1.30. The number of carboxylic acid groups (broad SMARTS) is 1. The molecular weight excluding hydrogens is 719 g/mol. The van der Waals surface area contributed by atoms with Gasteiger partial charge in [0.1, 0.15) is 6.10 Å². The Morgan fingerprint density at radius 3 is 2.21 bits per heavy atom. The van der Waals surface area contributed by atoms with Crippen LogP contribution in [-0.4, -0.2) is 88.0 Å². The Labute approximate surface area is 341 Å². The van der Waals surface area contributed by atoms with E-state index >= 15 is 0 Å². The minimum atomic E-state index is -1.18. The van der Waals surface area contributed by atoms with Crippen molar-refractivity contribution in [3.8, 4) is 0 Å². The zero-order valence-corrected chi connectivity index (χ0v) is 36.7. The van der Waals surface area contributed by atoms with Crippen LogP contribution in [0.15, 0.2) is 35.7 Å². The summed E-state index contributed by atoms with van der Waals surface area (Å²) in [6.07, 6.45) is 10.0. The third-order valence-corrected chi connectivity index (χ3v) is 16.9. The number of aliphatic carboxylic acids is 1. The molecule has 0 bridgehead atoms. The van der Waals surface area contributed by atoms with Crippen molar-refractivity contribution in [3.63, 3.8) is 0 Å². The molecule has 0 aromatic carbocycles. The third-order valence-electron chi connectivity index (χ3n) is 16.9. The molecule has 1 heterocycles. The molecule has 9 atom stereocenters. The minimum Gasteiger partial charge on any atom is -0.481 e. The molecule has 0 aliphatic heterocycles. The van der Waals surface area contributed by atoms with Gasteiger partial charge in [-0.2, -0.15) is 0 Å². The molecule has 1 amide bonds. The van der Waals surface area contributed by atoms with Crippen LogP contribution < -0.4 is 0 Å². The van der Waals surface area contributed by atoms with Gasteiger partial charge < -0.3 is 19.8 Å². The van der Waals surface area contributed by atoms with E-state index in [1.165, 1.54) is 5.57 Å². The van der Waals surface area contributed by atoms with Crippen LogP contribution in [0.4, 0.5) is 0 Å². The first kappa shape index (κ1) is 43.5.